The number of aliphatic hydroxyl groups is 2. The highest BCUT2D eigenvalue weighted by Gasteiger charge is 2.58. The predicted molar refractivity (Wildman–Crippen MR) is 147 cm³/mol. The number of aliphatic hydroxyl groups excluding tert-OH is 2. The fourth-order valence-electron chi connectivity index (χ4n) is 9.27. The minimum Gasteiger partial charge on any atom is -0.393 e. The third-order valence-electron chi connectivity index (χ3n) is 11.5. The number of hydrogen-bond acceptors (Lipinski definition) is 6. The second-order valence-electron chi connectivity index (χ2n) is 14.4. The summed E-state index contributed by atoms with van der Waals surface area (Å²) in [5.41, 5.74) is 5.55. The van der Waals surface area contributed by atoms with Gasteiger partial charge in [0, 0.05) is 29.7 Å². The molecule has 0 bridgehead atoms. The van der Waals surface area contributed by atoms with Gasteiger partial charge in [-0.05, 0) is 67.3 Å². The highest BCUT2D eigenvalue weighted by atomic mass is 16.7. The van der Waals surface area contributed by atoms with Crippen molar-refractivity contribution < 1.29 is 29.2 Å². The second-order valence-corrected chi connectivity index (χ2v) is 14.4. The molecule has 6 nitrogen and oxygen atoms in total. The molecule has 2 aliphatic heterocycles. The molecule has 3 saturated carbocycles. The third kappa shape index (κ3) is 4.20. The highest BCUT2D eigenvalue weighted by Crippen LogP contribution is 2.65. The van der Waals surface area contributed by atoms with E-state index in [4.69, 9.17) is 18.9 Å². The Hall–Kier alpha value is -1.28. The van der Waals surface area contributed by atoms with Crippen LogP contribution in [0.4, 0.5) is 0 Å². The van der Waals surface area contributed by atoms with Crippen LogP contribution in [0.3, 0.4) is 0 Å². The van der Waals surface area contributed by atoms with Gasteiger partial charge >= 0.3 is 0 Å². The van der Waals surface area contributed by atoms with E-state index in [2.05, 4.69) is 45.0 Å². The maximum atomic E-state index is 11.2. The van der Waals surface area contributed by atoms with Crippen LogP contribution in [0.15, 0.2) is 35.4 Å². The Bertz CT molecular complexity index is 1110. The molecule has 2 N–H and O–H groups in total. The van der Waals surface area contributed by atoms with Crippen molar-refractivity contribution in [1.29, 1.82) is 0 Å². The summed E-state index contributed by atoms with van der Waals surface area (Å²) >= 11 is 0. The first-order valence-electron chi connectivity index (χ1n) is 15.4. The molecule has 0 radical (unpaired) electrons. The van der Waals surface area contributed by atoms with Crippen LogP contribution in [0.25, 0.3) is 0 Å². The van der Waals surface area contributed by atoms with Gasteiger partial charge in [0.15, 0.2) is 5.79 Å². The van der Waals surface area contributed by atoms with E-state index >= 15 is 0 Å². The van der Waals surface area contributed by atoms with Crippen molar-refractivity contribution in [2.24, 2.45) is 28.6 Å². The van der Waals surface area contributed by atoms with Crippen molar-refractivity contribution in [2.45, 2.75) is 95.7 Å². The number of allylic oxidation sites excluding steroid dienone is 2. The quantitative estimate of drug-likeness (QED) is 0.501. The first-order valence-corrected chi connectivity index (χ1v) is 15.4. The van der Waals surface area contributed by atoms with E-state index in [0.29, 0.717) is 36.9 Å². The lowest BCUT2D eigenvalue weighted by molar-refractivity contribution is -0.312. The molecule has 4 aliphatic carbocycles. The molecule has 1 spiro atoms. The van der Waals surface area contributed by atoms with Gasteiger partial charge in [-0.15, -0.1) is 0 Å². The summed E-state index contributed by atoms with van der Waals surface area (Å²) < 4.78 is 24.6. The molecule has 1 aromatic rings. The average Bonchev–Trinajstić information content (AvgIpc) is 3.55. The van der Waals surface area contributed by atoms with Gasteiger partial charge in [-0.3, -0.25) is 0 Å². The summed E-state index contributed by atoms with van der Waals surface area (Å²) in [5, 5.41) is 21.3. The maximum Gasteiger partial charge on any atom is 0.219 e. The lowest BCUT2D eigenvalue weighted by Gasteiger charge is -2.55. The van der Waals surface area contributed by atoms with E-state index in [1.807, 2.05) is 0 Å². The minimum atomic E-state index is -1.05. The smallest absolute Gasteiger partial charge is 0.219 e. The number of hydrogen-bond donors (Lipinski definition) is 2. The van der Waals surface area contributed by atoms with E-state index in [-0.39, 0.29) is 23.5 Å². The van der Waals surface area contributed by atoms with Crippen LogP contribution < -0.4 is 0 Å². The molecule has 0 aromatic heterocycles. The summed E-state index contributed by atoms with van der Waals surface area (Å²) in [4.78, 5) is 0. The molecule has 0 amide bonds. The summed E-state index contributed by atoms with van der Waals surface area (Å²) in [5.74, 6) is 0.456. The molecule has 214 valence electrons. The molecule has 7 rings (SSSR count). The van der Waals surface area contributed by atoms with Gasteiger partial charge in [-0.2, -0.15) is 0 Å². The van der Waals surface area contributed by atoms with Crippen LogP contribution in [-0.2, 0) is 24.7 Å². The van der Waals surface area contributed by atoms with E-state index in [1.165, 1.54) is 18.4 Å². The molecule has 6 atom stereocenters. The summed E-state index contributed by atoms with van der Waals surface area (Å²) in [6, 6.07) is 8.61. The molecular formula is C33H46O6. The van der Waals surface area contributed by atoms with Crippen molar-refractivity contribution in [3.63, 3.8) is 0 Å². The summed E-state index contributed by atoms with van der Waals surface area (Å²) in [7, 11) is 0. The molecule has 1 aromatic carbocycles. The lowest BCUT2D eigenvalue weighted by atomic mass is 9.52. The van der Waals surface area contributed by atoms with Gasteiger partial charge in [0.05, 0.1) is 32.5 Å². The normalized spacial score (nSPS) is 40.3. The Balaban J connectivity index is 1.24. The van der Waals surface area contributed by atoms with Crippen LogP contribution in [-0.4, -0.2) is 55.1 Å². The number of fused-ring (bicyclic) bond motifs is 4. The average molecular weight is 539 g/mol. The second kappa shape index (κ2) is 9.37. The molecule has 2 saturated heterocycles. The predicted octanol–water partition coefficient (Wildman–Crippen LogP) is 5.42. The molecular weight excluding hydrogens is 492 g/mol. The van der Waals surface area contributed by atoms with E-state index in [9.17, 15) is 10.2 Å². The van der Waals surface area contributed by atoms with Crippen molar-refractivity contribution in [1.82, 2.24) is 0 Å². The van der Waals surface area contributed by atoms with Crippen LogP contribution in [0.5, 0.6) is 0 Å². The van der Waals surface area contributed by atoms with E-state index in [0.717, 1.165) is 57.3 Å². The first kappa shape index (κ1) is 26.6. The number of rotatable bonds is 3. The molecule has 6 aliphatic rings. The molecule has 6 heteroatoms. The minimum absolute atomic E-state index is 0.0496. The van der Waals surface area contributed by atoms with Crippen LogP contribution >= 0.6 is 0 Å². The molecule has 39 heavy (non-hydrogen) atoms. The maximum absolute atomic E-state index is 11.2. The van der Waals surface area contributed by atoms with Gasteiger partial charge < -0.3 is 29.2 Å². The number of benzene rings is 1. The zero-order valence-corrected chi connectivity index (χ0v) is 23.9. The van der Waals surface area contributed by atoms with Crippen molar-refractivity contribution in [3.8, 4) is 0 Å². The first-order chi connectivity index (χ1) is 18.7. The molecule has 6 unspecified atom stereocenters. The Labute approximate surface area is 233 Å². The van der Waals surface area contributed by atoms with Crippen molar-refractivity contribution >= 4 is 0 Å². The van der Waals surface area contributed by atoms with Crippen LogP contribution in [0.2, 0.25) is 0 Å². The van der Waals surface area contributed by atoms with E-state index in [1.54, 1.807) is 11.1 Å². The Kier molecular flexibility index (Phi) is 6.39. The van der Waals surface area contributed by atoms with Gasteiger partial charge in [-0.1, -0.05) is 56.2 Å². The van der Waals surface area contributed by atoms with Crippen LogP contribution in [0, 0.1) is 28.6 Å². The standard InChI is InChI=1S/C33H46O6/c1-30(2)19-38-32(39-20-30)13-12-24-22(16-32)6-9-25-27-10-11-28(35)31(27,3)17-26(29(24)25)21-4-7-23(8-5-21)33(18-34)36-14-15-37-33/h4-5,7-8,22,25-28,34-35H,6,9-20H2,1-3H3. The zero-order valence-electron chi connectivity index (χ0n) is 23.9. The SMILES string of the molecule is CC1(C)COC2(CCC3=C4C(c5ccc(C6(CO)OCCO6)cc5)CC5(C)C(O)CCC5C4CCC3C2)OC1. The topological polar surface area (TPSA) is 77.4 Å². The summed E-state index contributed by atoms with van der Waals surface area (Å²) in [6.45, 7) is 9.13. The largest absolute Gasteiger partial charge is 0.393 e. The Morgan fingerprint density at radius 3 is 2.28 bits per heavy atom. The van der Waals surface area contributed by atoms with Gasteiger partial charge in [-0.25, -0.2) is 0 Å². The highest BCUT2D eigenvalue weighted by molar-refractivity contribution is 5.42. The monoisotopic (exact) mass is 538 g/mol. The van der Waals surface area contributed by atoms with Crippen molar-refractivity contribution in [3.05, 3.63) is 46.5 Å². The lowest BCUT2D eigenvalue weighted by Crippen LogP contribution is -2.52. The molecule has 5 fully saturated rings. The molecule has 2 heterocycles. The van der Waals surface area contributed by atoms with Crippen LogP contribution in [0.1, 0.15) is 89.2 Å². The van der Waals surface area contributed by atoms with Crippen molar-refractivity contribution in [2.75, 3.05) is 33.0 Å². The zero-order chi connectivity index (χ0) is 27.0. The fraction of sp³-hybridized carbons (Fsp3) is 0.758. The summed E-state index contributed by atoms with van der Waals surface area (Å²) in [6.07, 6.45) is 8.17. The fourth-order valence-corrected chi connectivity index (χ4v) is 9.27. The van der Waals surface area contributed by atoms with E-state index < -0.39 is 11.6 Å². The van der Waals surface area contributed by atoms with Gasteiger partial charge in [0.25, 0.3) is 0 Å². The van der Waals surface area contributed by atoms with Gasteiger partial charge in [0.2, 0.25) is 5.79 Å². The Morgan fingerprint density at radius 2 is 1.59 bits per heavy atom. The van der Waals surface area contributed by atoms with Gasteiger partial charge in [0.1, 0.15) is 6.61 Å². The number of ether oxygens (including phenoxy) is 4. The Morgan fingerprint density at radius 1 is 0.872 bits per heavy atom. The third-order valence-corrected chi connectivity index (χ3v) is 11.5.